The zero-order chi connectivity index (χ0) is 82.3. The maximum atomic E-state index is 15.1. The Morgan fingerprint density at radius 2 is 0.944 bits per heavy atom. The van der Waals surface area contributed by atoms with Gasteiger partial charge in [0, 0.05) is 69.0 Å². The minimum atomic E-state index is -1.61. The van der Waals surface area contributed by atoms with Gasteiger partial charge in [0.2, 0.25) is 65.0 Å². The number of aliphatic hydroxyl groups excluding tert-OH is 1. The van der Waals surface area contributed by atoms with Crippen molar-refractivity contribution in [2.75, 3.05) is 75.5 Å². The summed E-state index contributed by atoms with van der Waals surface area (Å²) >= 11 is 0. The van der Waals surface area contributed by atoms with Crippen LogP contribution in [0.2, 0.25) is 0 Å². The smallest absolute Gasteiger partial charge is 0.246 e. The fraction of sp³-hybridized carbons (Fsp3) is 0.768. The third kappa shape index (κ3) is 29.1. The van der Waals surface area contributed by atoms with Gasteiger partial charge in [-0.1, -0.05) is 161 Å². The molecule has 15 atom stereocenters. The molecule has 0 aliphatic carbocycles. The number of hydrogen-bond acceptors (Lipinski definition) is 14. The number of aliphatic hydroxyl groups is 1. The van der Waals surface area contributed by atoms with E-state index in [1.54, 1.807) is 54.5 Å². The lowest BCUT2D eigenvalue weighted by atomic mass is 9.86. The first-order chi connectivity index (χ1) is 49.4. The molecule has 3 rings (SSSR count). The highest BCUT2D eigenvalue weighted by atomic mass is 16.5. The third-order valence-electron chi connectivity index (χ3n) is 20.5. The van der Waals surface area contributed by atoms with Crippen LogP contribution in [-0.2, 0) is 69.3 Å². The van der Waals surface area contributed by atoms with Gasteiger partial charge < -0.3 is 65.4 Å². The number of rotatable bonds is 19. The summed E-state index contributed by atoms with van der Waals surface area (Å²) in [5, 5.41) is 23.1. The van der Waals surface area contributed by atoms with Gasteiger partial charge in [-0.2, -0.15) is 0 Å². The van der Waals surface area contributed by atoms with Gasteiger partial charge in [-0.3, -0.25) is 57.6 Å². The molecule has 2 aliphatic heterocycles. The first-order valence-corrected chi connectivity index (χ1v) is 39.3. The average Bonchev–Trinajstić information content (AvgIpc) is 0.818. The summed E-state index contributed by atoms with van der Waals surface area (Å²) < 4.78 is 5.82. The molecular formula is C82H144N12O13. The molecule has 0 bridgehead atoms. The van der Waals surface area contributed by atoms with Crippen LogP contribution in [0.15, 0.2) is 36.4 Å². The predicted octanol–water partition coefficient (Wildman–Crippen LogP) is 7.54. The summed E-state index contributed by atoms with van der Waals surface area (Å²) in [5.41, 5.74) is 3.11. The highest BCUT2D eigenvalue weighted by Crippen LogP contribution is 2.28. The zero-order valence-corrected chi connectivity index (χ0v) is 71.3. The van der Waals surface area contributed by atoms with E-state index in [4.69, 9.17) is 4.74 Å². The number of carbonyl (C=O) groups is 11. The summed E-state index contributed by atoms with van der Waals surface area (Å²) in [4.78, 5) is 171. The molecule has 2 saturated heterocycles. The lowest BCUT2D eigenvalue weighted by Crippen LogP contribution is -2.63. The minimum Gasteiger partial charge on any atom is -0.390 e. The highest BCUT2D eigenvalue weighted by Gasteiger charge is 2.46. The van der Waals surface area contributed by atoms with E-state index < -0.39 is 156 Å². The van der Waals surface area contributed by atoms with Gasteiger partial charge in [0.1, 0.15) is 60.4 Å². The van der Waals surface area contributed by atoms with E-state index >= 15 is 9.59 Å². The Hall–Kier alpha value is -6.99. The first-order valence-electron chi connectivity index (χ1n) is 39.3. The van der Waals surface area contributed by atoms with Crippen molar-refractivity contribution in [2.24, 2.45) is 47.3 Å². The molecule has 0 saturated carbocycles. The fourth-order valence-electron chi connectivity index (χ4n) is 14.2. The number of ether oxygens (including phenoxy) is 1. The van der Waals surface area contributed by atoms with E-state index in [1.165, 1.54) is 105 Å². The normalized spacial score (nSPS) is 26.6. The molecule has 1 aromatic carbocycles. The van der Waals surface area contributed by atoms with Gasteiger partial charge in [-0.25, -0.2) is 0 Å². The Labute approximate surface area is 643 Å². The Balaban J connectivity index is 0.00000149. The zero-order valence-electron chi connectivity index (χ0n) is 71.3. The summed E-state index contributed by atoms with van der Waals surface area (Å²) in [6, 6.07) is -3.13. The van der Waals surface area contributed by atoms with Gasteiger partial charge in [-0.15, -0.1) is 0 Å². The summed E-state index contributed by atoms with van der Waals surface area (Å²) in [6.45, 7) is 46.2. The monoisotopic (exact) mass is 1510 g/mol. The van der Waals surface area contributed by atoms with Gasteiger partial charge in [0.25, 0.3) is 0 Å². The number of morpholine rings is 1. The largest absolute Gasteiger partial charge is 0.390 e. The second-order valence-corrected chi connectivity index (χ2v) is 34.3. The topological polar surface area (TPSA) is 291 Å². The van der Waals surface area contributed by atoms with E-state index in [2.05, 4.69) is 92.0 Å². The Kier molecular flexibility index (Phi) is 39.5. The molecule has 25 heteroatoms. The Morgan fingerprint density at radius 1 is 0.505 bits per heavy atom. The van der Waals surface area contributed by atoms with Crippen molar-refractivity contribution in [3.05, 3.63) is 47.5 Å². The lowest BCUT2D eigenvalue weighted by Gasteiger charge is -2.41. The van der Waals surface area contributed by atoms with Crippen molar-refractivity contribution in [1.29, 1.82) is 0 Å². The molecule has 2 heterocycles. The van der Waals surface area contributed by atoms with E-state index in [1.807, 2.05) is 61.5 Å². The van der Waals surface area contributed by atoms with Crippen molar-refractivity contribution in [3.63, 3.8) is 0 Å². The van der Waals surface area contributed by atoms with Crippen molar-refractivity contribution >= 4 is 65.0 Å². The Bertz CT molecular complexity index is 3090. The van der Waals surface area contributed by atoms with Crippen LogP contribution in [0.5, 0.6) is 0 Å². The van der Waals surface area contributed by atoms with Crippen molar-refractivity contribution < 1.29 is 62.6 Å². The molecule has 1 aromatic rings. The van der Waals surface area contributed by atoms with Crippen LogP contribution in [-0.4, -0.2) is 264 Å². The van der Waals surface area contributed by atoms with E-state index in [0.717, 1.165) is 29.3 Å². The number of nitrogens with one attached hydrogen (secondary N) is 4. The number of benzene rings is 1. The second-order valence-electron chi connectivity index (χ2n) is 34.3. The van der Waals surface area contributed by atoms with E-state index in [9.17, 15) is 48.3 Å². The molecule has 0 spiro atoms. The van der Waals surface area contributed by atoms with Crippen LogP contribution in [0, 0.1) is 47.3 Å². The Morgan fingerprint density at radius 3 is 1.40 bits per heavy atom. The minimum absolute atomic E-state index is 0.0229. The third-order valence-corrected chi connectivity index (χ3v) is 20.5. The molecule has 2 aliphatic rings. The average molecular weight is 1510 g/mol. The van der Waals surface area contributed by atoms with Crippen LogP contribution in [0.4, 0.5) is 0 Å². The second kappa shape index (κ2) is 44.0. The highest BCUT2D eigenvalue weighted by molar-refractivity contribution is 5.99. The number of allylic oxidation sites excluding steroid dienone is 2. The van der Waals surface area contributed by atoms with E-state index in [0.29, 0.717) is 24.5 Å². The molecule has 0 radical (unpaired) electrons. The molecule has 610 valence electrons. The summed E-state index contributed by atoms with van der Waals surface area (Å²) in [5.74, 6) is -9.03. The predicted molar refractivity (Wildman–Crippen MR) is 423 cm³/mol. The SMILES string of the molecule is C/C=C/C[C@@H](C)[C@@H](O)[C@H]1C(=O)N[C@@H](CC)C(=O)N(C)CC(=O)N(C)[C@@H](CC(C)C)C(=O)N[C@@H](C(C)C)C(=O)N(C)[C@@H](CC(C)C)C(=O)N[C@@H](C)C(=O)N[C@H](C)C(=O)N(C)[C@@H](CC(C)C)C(=O)N(C)[C@@H](CC(C)C)C(=O)N(C)[C@@H](C(C)C)C(=O)N1C.CC(Cc1ccc(C(C)(C)C)cc1)CN1CC(C)OC(C)C1. The number of amides is 11. The maximum absolute atomic E-state index is 15.1. The standard InChI is InChI=1S/C62H111N11O12.C20H33NO/c1-25-27-28-40(15)52(75)51-56(79)65-43(26-2)58(81)67(18)33-48(74)68(19)44(29-34(3)4)55(78)66-49(38(11)12)61(84)69(20)45(30-35(5)6)54(77)63-41(16)53(76)64-42(17)57(80)70(21)46(31-36(7)8)59(82)71(22)47(32-37(9)10)60(83)72(23)50(39(13)14)62(85)73(51)24;1-15(12-21-13-16(2)22-17(3)14-21)11-18-7-9-19(10-8-18)20(4,5)6/h25,27,34-47,49-52,75H,26,28-33H2,1-24H3,(H,63,77)(H,64,76)(H,65,79)(H,66,78);7-10,15-17H,11-14H2,1-6H3/b27-25+;/t40-,41+,42-,43+,44+,45+,46+,47+,49+,50+,51+,52-;/m1./s1. The first kappa shape index (κ1) is 96.1. The summed E-state index contributed by atoms with van der Waals surface area (Å²) in [7, 11) is 9.92. The van der Waals surface area contributed by atoms with Crippen molar-refractivity contribution in [3.8, 4) is 0 Å². The molecule has 3 unspecified atom stereocenters. The van der Waals surface area contributed by atoms with Gasteiger partial charge in [0.15, 0.2) is 0 Å². The molecule has 5 N–H and O–H groups in total. The van der Waals surface area contributed by atoms with Crippen LogP contribution in [0.3, 0.4) is 0 Å². The van der Waals surface area contributed by atoms with Crippen molar-refractivity contribution in [2.45, 2.75) is 288 Å². The molecule has 2 fully saturated rings. The van der Waals surface area contributed by atoms with Gasteiger partial charge >= 0.3 is 0 Å². The maximum Gasteiger partial charge on any atom is 0.246 e. The fourth-order valence-corrected chi connectivity index (χ4v) is 14.2. The molecule has 0 aromatic heterocycles. The van der Waals surface area contributed by atoms with Crippen LogP contribution in [0.1, 0.15) is 209 Å². The number of hydrogen-bond donors (Lipinski definition) is 5. The van der Waals surface area contributed by atoms with E-state index in [-0.39, 0.29) is 61.2 Å². The number of nitrogens with zero attached hydrogens (tertiary/aromatic N) is 8. The van der Waals surface area contributed by atoms with Crippen LogP contribution >= 0.6 is 0 Å². The molecule has 25 nitrogen and oxygen atoms in total. The summed E-state index contributed by atoms with van der Waals surface area (Å²) in [6.07, 6.45) is 4.93. The lowest BCUT2D eigenvalue weighted by molar-refractivity contribution is -0.157. The van der Waals surface area contributed by atoms with Crippen molar-refractivity contribution in [1.82, 2.24) is 60.5 Å². The quantitative estimate of drug-likeness (QED) is 0.0837. The number of carbonyl (C=O) groups excluding carboxylic acids is 11. The number of likely N-dealkylation sites (N-methyl/N-ethyl adjacent to an activating group) is 7. The van der Waals surface area contributed by atoms with Crippen LogP contribution in [0.25, 0.3) is 0 Å². The van der Waals surface area contributed by atoms with Gasteiger partial charge in [0.05, 0.1) is 24.9 Å². The molecular weight excluding hydrogens is 1360 g/mol. The molecule has 11 amide bonds. The van der Waals surface area contributed by atoms with Crippen LogP contribution < -0.4 is 21.3 Å². The molecule has 107 heavy (non-hydrogen) atoms. The van der Waals surface area contributed by atoms with Gasteiger partial charge in [-0.05, 0) is 143 Å².